The first-order valence-corrected chi connectivity index (χ1v) is 13.1. The Labute approximate surface area is 208 Å². The van der Waals surface area contributed by atoms with Crippen LogP contribution in [0.2, 0.25) is 0 Å². The van der Waals surface area contributed by atoms with Crippen molar-refractivity contribution >= 4 is 11.9 Å². The molecule has 200 valence electrons. The van der Waals surface area contributed by atoms with E-state index in [0.717, 1.165) is 44.9 Å². The summed E-state index contributed by atoms with van der Waals surface area (Å²) in [6, 6.07) is 0. The molecule has 1 aliphatic heterocycles. The van der Waals surface area contributed by atoms with E-state index in [2.05, 4.69) is 76.2 Å². The van der Waals surface area contributed by atoms with Gasteiger partial charge in [-0.25, -0.2) is 19.4 Å². The van der Waals surface area contributed by atoms with Gasteiger partial charge in [0.2, 0.25) is 0 Å². The van der Waals surface area contributed by atoms with Crippen molar-refractivity contribution < 1.29 is 29.1 Å². The molecule has 1 heterocycles. The van der Waals surface area contributed by atoms with Crippen LogP contribution in [0, 0.1) is 27.6 Å². The highest BCUT2D eigenvalue weighted by Gasteiger charge is 2.59. The molecule has 1 atom stereocenters. The summed E-state index contributed by atoms with van der Waals surface area (Å²) in [5, 5.41) is 0. The Morgan fingerprint density at radius 2 is 1.21 bits per heavy atom. The minimum Gasteiger partial charge on any atom is -0.247 e. The van der Waals surface area contributed by atoms with E-state index in [4.69, 9.17) is 19.6 Å². The van der Waals surface area contributed by atoms with E-state index in [1.54, 1.807) is 0 Å². The molecule has 1 unspecified atom stereocenters. The molecule has 1 rings (SSSR count). The van der Waals surface area contributed by atoms with Gasteiger partial charge in [-0.1, -0.05) is 95.4 Å². The number of carbonyl (C=O) groups excluding carboxylic acids is 2. The quantitative estimate of drug-likeness (QED) is 0.121. The summed E-state index contributed by atoms with van der Waals surface area (Å²) in [6.45, 7) is 23.9. The maximum Gasteiger partial charge on any atom is 0.420 e. The minimum absolute atomic E-state index is 0.0525. The van der Waals surface area contributed by atoms with Crippen molar-refractivity contribution in [1.29, 1.82) is 0 Å². The van der Waals surface area contributed by atoms with E-state index >= 15 is 0 Å². The monoisotopic (exact) mass is 484 g/mol. The summed E-state index contributed by atoms with van der Waals surface area (Å²) in [5.41, 5.74) is 0.242. The highest BCUT2D eigenvalue weighted by Crippen LogP contribution is 2.43. The Balaban J connectivity index is 2.69. The van der Waals surface area contributed by atoms with Crippen LogP contribution in [0.15, 0.2) is 0 Å². The maximum absolute atomic E-state index is 13.1. The van der Waals surface area contributed by atoms with Crippen LogP contribution in [0.1, 0.15) is 134 Å². The van der Waals surface area contributed by atoms with Gasteiger partial charge in [-0.3, -0.25) is 0 Å². The molecule has 0 aromatic rings. The smallest absolute Gasteiger partial charge is 0.247 e. The van der Waals surface area contributed by atoms with Crippen LogP contribution in [0.3, 0.4) is 0 Å². The molecule has 0 saturated carbocycles. The van der Waals surface area contributed by atoms with Crippen molar-refractivity contribution in [3.63, 3.8) is 0 Å². The van der Waals surface area contributed by atoms with Crippen molar-refractivity contribution in [3.8, 4) is 0 Å². The lowest BCUT2D eigenvalue weighted by molar-refractivity contribution is -0.269. The first-order valence-electron chi connectivity index (χ1n) is 13.1. The molecule has 0 aromatic carbocycles. The average Bonchev–Trinajstić information content (AvgIpc) is 3.40. The molecule has 6 nitrogen and oxygen atoms in total. The molecular weight excluding hydrogens is 432 g/mol. The normalized spacial score (nSPS) is 17.3. The standard InChI is InChI=1S/C28H52O6/c1-24(2,3)17-13-12-16-21(27(10,11)20-26(7,8)9)22(29)31-32-23(30)28(33-34-28)19-15-14-18-25(4,5)6/h21H,12-20H2,1-11H3. The fourth-order valence-electron chi connectivity index (χ4n) is 4.84. The fraction of sp³-hybridized carbons (Fsp3) is 0.929. The first-order chi connectivity index (χ1) is 15.3. The Bertz CT molecular complexity index is 656. The Morgan fingerprint density at radius 3 is 1.65 bits per heavy atom. The second-order valence-corrected chi connectivity index (χ2v) is 14.5. The number of unbranched alkanes of at least 4 members (excludes halogenated alkanes) is 2. The van der Waals surface area contributed by atoms with E-state index in [1.165, 1.54) is 0 Å². The predicted octanol–water partition coefficient (Wildman–Crippen LogP) is 7.94. The van der Waals surface area contributed by atoms with Crippen LogP contribution in [-0.2, 0) is 29.1 Å². The predicted molar refractivity (Wildman–Crippen MR) is 134 cm³/mol. The van der Waals surface area contributed by atoms with Crippen LogP contribution in [-0.4, -0.2) is 17.7 Å². The second-order valence-electron chi connectivity index (χ2n) is 14.5. The average molecular weight is 485 g/mol. The number of hydrogen-bond acceptors (Lipinski definition) is 6. The van der Waals surface area contributed by atoms with Crippen molar-refractivity contribution in [1.82, 2.24) is 0 Å². The van der Waals surface area contributed by atoms with Crippen LogP contribution < -0.4 is 0 Å². The fourth-order valence-corrected chi connectivity index (χ4v) is 4.84. The van der Waals surface area contributed by atoms with Gasteiger partial charge in [0.25, 0.3) is 0 Å². The zero-order valence-electron chi connectivity index (χ0n) is 23.9. The molecule has 0 radical (unpaired) electrons. The number of rotatable bonds is 12. The zero-order chi connectivity index (χ0) is 26.4. The van der Waals surface area contributed by atoms with Gasteiger partial charge in [0, 0.05) is 6.42 Å². The van der Waals surface area contributed by atoms with Gasteiger partial charge in [0.05, 0.1) is 5.92 Å². The molecule has 0 bridgehead atoms. The summed E-state index contributed by atoms with van der Waals surface area (Å²) in [4.78, 5) is 45.6. The van der Waals surface area contributed by atoms with Gasteiger partial charge < -0.3 is 0 Å². The molecule has 0 aromatic heterocycles. The molecule has 1 saturated heterocycles. The van der Waals surface area contributed by atoms with E-state index in [0.29, 0.717) is 12.8 Å². The van der Waals surface area contributed by atoms with Gasteiger partial charge in [-0.15, -0.1) is 0 Å². The Hall–Kier alpha value is -1.14. The summed E-state index contributed by atoms with van der Waals surface area (Å²) >= 11 is 0. The second kappa shape index (κ2) is 11.7. The van der Waals surface area contributed by atoms with Crippen LogP contribution in [0.5, 0.6) is 0 Å². The van der Waals surface area contributed by atoms with Gasteiger partial charge in [0.1, 0.15) is 0 Å². The highest BCUT2D eigenvalue weighted by molar-refractivity contribution is 5.80. The summed E-state index contributed by atoms with van der Waals surface area (Å²) in [6.07, 6.45) is 7.71. The third-order valence-electron chi connectivity index (χ3n) is 6.36. The van der Waals surface area contributed by atoms with Crippen molar-refractivity contribution in [3.05, 3.63) is 0 Å². The van der Waals surface area contributed by atoms with Gasteiger partial charge in [-0.05, 0) is 53.8 Å². The number of hydrogen-bond donors (Lipinski definition) is 0. The molecule has 0 amide bonds. The third kappa shape index (κ3) is 12.0. The van der Waals surface area contributed by atoms with Crippen molar-refractivity contribution in [2.45, 2.75) is 140 Å². The topological polar surface area (TPSA) is 77.7 Å². The van der Waals surface area contributed by atoms with Crippen molar-refractivity contribution in [2.75, 3.05) is 0 Å². The molecular formula is C28H52O6. The van der Waals surface area contributed by atoms with E-state index in [9.17, 15) is 9.59 Å². The first kappa shape index (κ1) is 30.9. The lowest BCUT2D eigenvalue weighted by Crippen LogP contribution is -2.37. The van der Waals surface area contributed by atoms with Gasteiger partial charge in [-0.2, -0.15) is 9.78 Å². The van der Waals surface area contributed by atoms with Gasteiger partial charge >= 0.3 is 17.7 Å². The third-order valence-corrected chi connectivity index (χ3v) is 6.36. The summed E-state index contributed by atoms with van der Waals surface area (Å²) in [7, 11) is 0. The zero-order valence-corrected chi connectivity index (χ0v) is 23.9. The largest absolute Gasteiger partial charge is 0.420 e. The molecule has 6 heteroatoms. The molecule has 34 heavy (non-hydrogen) atoms. The highest BCUT2D eigenvalue weighted by atomic mass is 17.4. The molecule has 0 aliphatic carbocycles. The van der Waals surface area contributed by atoms with Crippen LogP contribution in [0.25, 0.3) is 0 Å². The lowest BCUT2D eigenvalue weighted by Gasteiger charge is -2.37. The SMILES string of the molecule is CC(C)(C)CCCCC(C(=O)OOC(=O)C1(CCCCC(C)(C)C)OO1)C(C)(C)CC(C)(C)C. The Kier molecular flexibility index (Phi) is 10.7. The number of carbonyl (C=O) groups is 2. The maximum atomic E-state index is 13.1. The summed E-state index contributed by atoms with van der Waals surface area (Å²) in [5.74, 6) is -3.09. The molecule has 0 spiro atoms. The summed E-state index contributed by atoms with van der Waals surface area (Å²) < 4.78 is 0. The van der Waals surface area contributed by atoms with Crippen molar-refractivity contribution in [2.24, 2.45) is 27.6 Å². The van der Waals surface area contributed by atoms with E-state index < -0.39 is 17.7 Å². The van der Waals surface area contributed by atoms with Crippen LogP contribution in [0.4, 0.5) is 0 Å². The molecule has 1 fully saturated rings. The molecule has 0 N–H and O–H groups in total. The van der Waals surface area contributed by atoms with E-state index in [1.807, 2.05) is 0 Å². The van der Waals surface area contributed by atoms with Crippen LogP contribution >= 0.6 is 0 Å². The Morgan fingerprint density at radius 1 is 0.706 bits per heavy atom. The van der Waals surface area contributed by atoms with Gasteiger partial charge in [0.15, 0.2) is 0 Å². The lowest BCUT2D eigenvalue weighted by atomic mass is 9.67. The van der Waals surface area contributed by atoms with E-state index in [-0.39, 0.29) is 27.6 Å². The molecule has 1 aliphatic rings. The minimum atomic E-state index is -1.43.